The zero-order valence-electron chi connectivity index (χ0n) is 10.1. The van der Waals surface area contributed by atoms with Crippen LogP contribution in [0.1, 0.15) is 41.0 Å². The van der Waals surface area contributed by atoms with Gasteiger partial charge >= 0.3 is 0 Å². The van der Waals surface area contributed by atoms with Crippen LogP contribution in [0.4, 0.5) is 0 Å². The van der Waals surface area contributed by atoms with Crippen molar-refractivity contribution < 1.29 is 0 Å². The van der Waals surface area contributed by atoms with Gasteiger partial charge in [0.25, 0.3) is 0 Å². The summed E-state index contributed by atoms with van der Waals surface area (Å²) in [7, 11) is 0.554. The van der Waals surface area contributed by atoms with Crippen molar-refractivity contribution in [3.63, 3.8) is 0 Å². The Labute approximate surface area is 84.7 Å². The fourth-order valence-electron chi connectivity index (χ4n) is 2.29. The average Bonchev–Trinajstić information content (AvgIpc) is 2.04. The molecule has 2 atom stereocenters. The van der Waals surface area contributed by atoms with Gasteiger partial charge in [0.1, 0.15) is 0 Å². The summed E-state index contributed by atoms with van der Waals surface area (Å²) in [6.07, 6.45) is 1.23. The standard InChI is InChI=1S/C11H25NSi/c1-8-10(3)13(9-2,12-7)11(4,5)6/h9-10,12H,2,8H2,1,3-7H3. The zero-order valence-corrected chi connectivity index (χ0v) is 11.1. The maximum atomic E-state index is 4.04. The lowest BCUT2D eigenvalue weighted by atomic mass is 10.2. The molecule has 0 fully saturated rings. The van der Waals surface area contributed by atoms with Crippen molar-refractivity contribution in [3.8, 4) is 0 Å². The first-order valence-electron chi connectivity index (χ1n) is 5.18. The molecular weight excluding hydrogens is 174 g/mol. The highest BCUT2D eigenvalue weighted by atomic mass is 28.3. The summed E-state index contributed by atoms with van der Waals surface area (Å²) < 4.78 is 0. The van der Waals surface area contributed by atoms with Crippen molar-refractivity contribution in [3.05, 3.63) is 12.3 Å². The topological polar surface area (TPSA) is 12.0 Å². The monoisotopic (exact) mass is 199 g/mol. The van der Waals surface area contributed by atoms with E-state index in [9.17, 15) is 0 Å². The highest BCUT2D eigenvalue weighted by Gasteiger charge is 2.44. The van der Waals surface area contributed by atoms with Crippen LogP contribution in [0.5, 0.6) is 0 Å². The Morgan fingerprint density at radius 1 is 1.46 bits per heavy atom. The Balaban J connectivity index is 5.03. The van der Waals surface area contributed by atoms with E-state index in [0.717, 1.165) is 5.54 Å². The predicted molar refractivity (Wildman–Crippen MR) is 64.4 cm³/mol. The summed E-state index contributed by atoms with van der Waals surface area (Å²) in [6.45, 7) is 15.6. The molecular formula is C11H25NSi. The quantitative estimate of drug-likeness (QED) is 0.684. The molecule has 2 heteroatoms. The van der Waals surface area contributed by atoms with E-state index in [1.165, 1.54) is 6.42 Å². The van der Waals surface area contributed by atoms with Crippen LogP contribution in [-0.2, 0) is 0 Å². The summed E-state index contributed by atoms with van der Waals surface area (Å²) in [4.78, 5) is 3.58. The SMILES string of the molecule is C=C[Si](NC)(C(C)CC)C(C)(C)C. The Morgan fingerprint density at radius 3 is 2.00 bits per heavy atom. The van der Waals surface area contributed by atoms with E-state index < -0.39 is 8.24 Å². The summed E-state index contributed by atoms with van der Waals surface area (Å²) in [5, 5.41) is 0.346. The van der Waals surface area contributed by atoms with Gasteiger partial charge in [-0.15, -0.1) is 6.58 Å². The van der Waals surface area contributed by atoms with Gasteiger partial charge in [0.15, 0.2) is 8.24 Å². The fourth-order valence-corrected chi connectivity index (χ4v) is 6.88. The summed E-state index contributed by atoms with van der Waals surface area (Å²) in [6, 6.07) is 0. The highest BCUT2D eigenvalue weighted by molar-refractivity contribution is 6.85. The van der Waals surface area contributed by atoms with E-state index in [1.54, 1.807) is 0 Å². The highest BCUT2D eigenvalue weighted by Crippen LogP contribution is 2.43. The molecule has 1 N–H and O–H groups in total. The average molecular weight is 199 g/mol. The van der Waals surface area contributed by atoms with Crippen LogP contribution in [0.2, 0.25) is 10.6 Å². The molecule has 0 rings (SSSR count). The Bertz CT molecular complexity index is 171. The van der Waals surface area contributed by atoms with Crippen molar-refractivity contribution in [1.82, 2.24) is 4.98 Å². The van der Waals surface area contributed by atoms with Gasteiger partial charge in [-0.2, -0.15) is 0 Å². The molecule has 13 heavy (non-hydrogen) atoms. The van der Waals surface area contributed by atoms with Gasteiger partial charge < -0.3 is 4.98 Å². The molecule has 0 aromatic rings. The molecule has 0 heterocycles. The normalized spacial score (nSPS) is 19.2. The number of rotatable bonds is 4. The largest absolute Gasteiger partial charge is 0.336 e. The molecule has 1 nitrogen and oxygen atoms in total. The third kappa shape index (κ3) is 2.23. The fraction of sp³-hybridized carbons (Fsp3) is 0.818. The molecule has 0 amide bonds. The zero-order chi connectivity index (χ0) is 10.7. The Morgan fingerprint density at radius 2 is 1.92 bits per heavy atom. The van der Waals surface area contributed by atoms with Gasteiger partial charge in [0.05, 0.1) is 0 Å². The van der Waals surface area contributed by atoms with Crippen LogP contribution in [0.15, 0.2) is 12.3 Å². The first kappa shape index (κ1) is 12.9. The minimum absolute atomic E-state index is 0.346. The van der Waals surface area contributed by atoms with Crippen molar-refractivity contribution in [2.45, 2.75) is 51.6 Å². The molecule has 0 saturated heterocycles. The minimum Gasteiger partial charge on any atom is -0.336 e. The molecule has 0 radical (unpaired) electrons. The van der Waals surface area contributed by atoms with E-state index in [-0.39, 0.29) is 0 Å². The molecule has 78 valence electrons. The van der Waals surface area contributed by atoms with Crippen LogP contribution >= 0.6 is 0 Å². The molecule has 0 aliphatic heterocycles. The smallest absolute Gasteiger partial charge is 0.157 e. The summed E-state index contributed by atoms with van der Waals surface area (Å²) >= 11 is 0. The lowest BCUT2D eigenvalue weighted by Gasteiger charge is -2.44. The lowest BCUT2D eigenvalue weighted by molar-refractivity contribution is 0.656. The molecule has 0 aliphatic rings. The van der Waals surface area contributed by atoms with E-state index in [0.29, 0.717) is 5.04 Å². The van der Waals surface area contributed by atoms with Crippen LogP contribution in [0, 0.1) is 0 Å². The second-order valence-electron chi connectivity index (χ2n) is 4.88. The van der Waals surface area contributed by atoms with Crippen molar-refractivity contribution in [1.29, 1.82) is 0 Å². The number of hydrogen-bond acceptors (Lipinski definition) is 1. The number of nitrogens with one attached hydrogen (secondary N) is 1. The second kappa shape index (κ2) is 4.42. The van der Waals surface area contributed by atoms with Crippen molar-refractivity contribution in [2.24, 2.45) is 0 Å². The van der Waals surface area contributed by atoms with Gasteiger partial charge in [0, 0.05) is 0 Å². The van der Waals surface area contributed by atoms with Gasteiger partial charge in [-0.25, -0.2) is 0 Å². The maximum absolute atomic E-state index is 4.04. The van der Waals surface area contributed by atoms with Crippen LogP contribution in [0.25, 0.3) is 0 Å². The molecule has 0 aromatic carbocycles. The molecule has 0 bridgehead atoms. The summed E-state index contributed by atoms with van der Waals surface area (Å²) in [5.74, 6) is 0. The van der Waals surface area contributed by atoms with Gasteiger partial charge in [0.2, 0.25) is 0 Å². The van der Waals surface area contributed by atoms with E-state index in [4.69, 9.17) is 0 Å². The minimum atomic E-state index is -1.53. The predicted octanol–water partition coefficient (Wildman–Crippen LogP) is 3.48. The molecule has 0 spiro atoms. The summed E-state index contributed by atoms with van der Waals surface area (Å²) in [5.41, 5.74) is 2.95. The van der Waals surface area contributed by atoms with Crippen LogP contribution in [-0.4, -0.2) is 15.3 Å². The molecule has 0 aliphatic carbocycles. The lowest BCUT2D eigenvalue weighted by Crippen LogP contribution is -2.57. The van der Waals surface area contributed by atoms with Crippen LogP contribution in [0.3, 0.4) is 0 Å². The van der Waals surface area contributed by atoms with Gasteiger partial charge in [-0.05, 0) is 17.6 Å². The Hall–Kier alpha value is -0.0831. The van der Waals surface area contributed by atoms with E-state index >= 15 is 0 Å². The van der Waals surface area contributed by atoms with E-state index in [1.807, 2.05) is 0 Å². The maximum Gasteiger partial charge on any atom is 0.157 e. The second-order valence-corrected chi connectivity index (χ2v) is 10.0. The third-order valence-electron chi connectivity index (χ3n) is 3.37. The third-order valence-corrected chi connectivity index (χ3v) is 9.28. The first-order chi connectivity index (χ1) is 5.85. The van der Waals surface area contributed by atoms with Gasteiger partial charge in [-0.3, -0.25) is 0 Å². The first-order valence-corrected chi connectivity index (χ1v) is 7.33. The molecule has 0 saturated carbocycles. The molecule has 2 unspecified atom stereocenters. The Kier molecular flexibility index (Phi) is 4.40. The number of hydrogen-bond donors (Lipinski definition) is 1. The van der Waals surface area contributed by atoms with Crippen molar-refractivity contribution >= 4 is 8.24 Å². The molecule has 0 aromatic heterocycles. The van der Waals surface area contributed by atoms with Crippen LogP contribution < -0.4 is 4.98 Å². The van der Waals surface area contributed by atoms with E-state index in [2.05, 4.69) is 58.9 Å². The van der Waals surface area contributed by atoms with Gasteiger partial charge in [-0.1, -0.05) is 46.7 Å². The van der Waals surface area contributed by atoms with Crippen molar-refractivity contribution in [2.75, 3.05) is 7.05 Å².